The zero-order chi connectivity index (χ0) is 9.84. The molecule has 72 valence electrons. The first kappa shape index (κ1) is 10.3. The maximum atomic E-state index is 10.9. The summed E-state index contributed by atoms with van der Waals surface area (Å²) in [6.45, 7) is 0. The molecule has 0 aliphatic carbocycles. The first-order chi connectivity index (χ1) is 6.15. The third-order valence-corrected chi connectivity index (χ3v) is 2.80. The largest absolute Gasteiger partial charge is 0.399 e. The van der Waals surface area contributed by atoms with Crippen LogP contribution in [-0.4, -0.2) is 34.8 Å². The van der Waals surface area contributed by atoms with Crippen molar-refractivity contribution < 1.29 is 9.63 Å². The molecule has 1 saturated heterocycles. The number of thiocarbonyl (C=S) groups is 1. The topological polar surface area (TPSA) is 76.7 Å². The van der Waals surface area contributed by atoms with Crippen LogP contribution in [0.3, 0.4) is 0 Å². The van der Waals surface area contributed by atoms with Crippen molar-refractivity contribution in [2.45, 2.75) is 6.04 Å². The first-order valence-corrected chi connectivity index (χ1v) is 4.88. The maximum absolute atomic E-state index is 10.9. The number of primary amides is 1. The van der Waals surface area contributed by atoms with Gasteiger partial charge in [-0.3, -0.25) is 4.79 Å². The van der Waals surface area contributed by atoms with E-state index < -0.39 is 5.91 Å². The van der Waals surface area contributed by atoms with E-state index in [4.69, 9.17) is 18.0 Å². The molecule has 0 aromatic carbocycles. The van der Waals surface area contributed by atoms with Crippen LogP contribution in [0.15, 0.2) is 5.16 Å². The molecule has 1 amide bonds. The number of thioether (sulfide) groups is 1. The summed E-state index contributed by atoms with van der Waals surface area (Å²) in [5.74, 6) is 0.0638. The summed E-state index contributed by atoms with van der Waals surface area (Å²) in [7, 11) is 1.36. The fourth-order valence-electron chi connectivity index (χ4n) is 0.911. The van der Waals surface area contributed by atoms with E-state index in [1.165, 1.54) is 18.9 Å². The fourth-order valence-corrected chi connectivity index (χ4v) is 2.04. The summed E-state index contributed by atoms with van der Waals surface area (Å²) in [4.78, 5) is 15.4. The molecule has 0 aromatic rings. The third-order valence-electron chi connectivity index (χ3n) is 1.45. The number of amides is 1. The lowest BCUT2D eigenvalue weighted by atomic mass is 10.2. The molecule has 1 aliphatic heterocycles. The second kappa shape index (κ2) is 4.43. The Labute approximate surface area is 85.1 Å². The van der Waals surface area contributed by atoms with E-state index in [0.717, 1.165) is 0 Å². The molecule has 1 unspecified atom stereocenters. The second-order valence-electron chi connectivity index (χ2n) is 2.32. The predicted octanol–water partition coefficient (Wildman–Crippen LogP) is -0.536. The van der Waals surface area contributed by atoms with Gasteiger partial charge in [0.15, 0.2) is 5.71 Å². The lowest BCUT2D eigenvalue weighted by Crippen LogP contribution is -2.42. The van der Waals surface area contributed by atoms with Crippen molar-refractivity contribution in [2.24, 2.45) is 10.9 Å². The molecule has 0 aromatic heterocycles. The summed E-state index contributed by atoms with van der Waals surface area (Å²) >= 11 is 6.34. The number of oxime groups is 1. The average Bonchev–Trinajstić information content (AvgIpc) is 2.46. The third kappa shape index (κ3) is 2.56. The number of hydrogen-bond donors (Lipinski definition) is 2. The van der Waals surface area contributed by atoms with Gasteiger partial charge in [-0.2, -0.15) is 0 Å². The molecule has 13 heavy (non-hydrogen) atoms. The lowest BCUT2D eigenvalue weighted by Gasteiger charge is -2.08. The lowest BCUT2D eigenvalue weighted by molar-refractivity contribution is -0.112. The quantitative estimate of drug-likeness (QED) is 0.379. The minimum absolute atomic E-state index is 0.176. The molecular weight excluding hydrogens is 210 g/mol. The number of carbonyl (C=O) groups is 1. The Hall–Kier alpha value is -0.820. The summed E-state index contributed by atoms with van der Waals surface area (Å²) in [6, 6.07) is -0.227. The number of nitrogens with one attached hydrogen (secondary N) is 1. The van der Waals surface area contributed by atoms with E-state index in [1.54, 1.807) is 0 Å². The van der Waals surface area contributed by atoms with Crippen LogP contribution in [-0.2, 0) is 9.63 Å². The summed E-state index contributed by atoms with van der Waals surface area (Å²) < 4.78 is 0.648. The molecule has 0 radical (unpaired) electrons. The maximum Gasteiger partial charge on any atom is 0.268 e. The number of hydrogen-bond acceptors (Lipinski definition) is 5. The van der Waals surface area contributed by atoms with E-state index in [2.05, 4.69) is 15.3 Å². The Bertz CT molecular complexity index is 267. The Morgan fingerprint density at radius 3 is 3.00 bits per heavy atom. The van der Waals surface area contributed by atoms with E-state index in [0.29, 0.717) is 10.1 Å². The normalized spacial score (nSPS) is 22.7. The number of nitrogens with zero attached hydrogens (tertiary/aromatic N) is 1. The number of rotatable bonds is 3. The highest BCUT2D eigenvalue weighted by Crippen LogP contribution is 2.14. The van der Waals surface area contributed by atoms with Gasteiger partial charge in [-0.05, 0) is 0 Å². The van der Waals surface area contributed by atoms with Crippen LogP contribution in [0.25, 0.3) is 0 Å². The van der Waals surface area contributed by atoms with Crippen LogP contribution in [0.2, 0.25) is 0 Å². The Morgan fingerprint density at radius 2 is 2.62 bits per heavy atom. The molecule has 1 heterocycles. The zero-order valence-electron chi connectivity index (χ0n) is 6.94. The molecule has 1 rings (SSSR count). The van der Waals surface area contributed by atoms with Crippen molar-refractivity contribution in [1.29, 1.82) is 0 Å². The smallest absolute Gasteiger partial charge is 0.268 e. The number of nitrogens with two attached hydrogens (primary N) is 1. The van der Waals surface area contributed by atoms with E-state index in [1.807, 2.05) is 0 Å². The van der Waals surface area contributed by atoms with Crippen molar-refractivity contribution >= 4 is 39.9 Å². The highest BCUT2D eigenvalue weighted by atomic mass is 32.2. The Balaban J connectivity index is 2.71. The van der Waals surface area contributed by atoms with Crippen LogP contribution in [0.4, 0.5) is 0 Å². The van der Waals surface area contributed by atoms with Crippen LogP contribution in [0, 0.1) is 0 Å². The van der Waals surface area contributed by atoms with E-state index in [9.17, 15) is 4.79 Å². The summed E-state index contributed by atoms with van der Waals surface area (Å²) in [5.41, 5.74) is 5.28. The van der Waals surface area contributed by atoms with Crippen molar-refractivity contribution in [1.82, 2.24) is 5.32 Å². The van der Waals surface area contributed by atoms with Crippen LogP contribution >= 0.6 is 24.0 Å². The highest BCUT2D eigenvalue weighted by Gasteiger charge is 2.27. The zero-order valence-corrected chi connectivity index (χ0v) is 8.58. The van der Waals surface area contributed by atoms with Crippen molar-refractivity contribution in [2.75, 3.05) is 12.9 Å². The Morgan fingerprint density at radius 1 is 1.92 bits per heavy atom. The van der Waals surface area contributed by atoms with Gasteiger partial charge >= 0.3 is 0 Å². The monoisotopic (exact) mass is 219 g/mol. The van der Waals surface area contributed by atoms with Gasteiger partial charge in [0.25, 0.3) is 5.91 Å². The van der Waals surface area contributed by atoms with Crippen molar-refractivity contribution in [3.8, 4) is 0 Å². The predicted molar refractivity (Wildman–Crippen MR) is 55.6 cm³/mol. The van der Waals surface area contributed by atoms with Crippen LogP contribution in [0.1, 0.15) is 0 Å². The molecule has 1 atom stereocenters. The van der Waals surface area contributed by atoms with Crippen molar-refractivity contribution in [3.63, 3.8) is 0 Å². The number of carbonyl (C=O) groups excluding carboxylic acids is 1. The molecule has 0 bridgehead atoms. The Kier molecular flexibility index (Phi) is 3.49. The molecule has 3 N–H and O–H groups in total. The molecule has 1 aliphatic rings. The average molecular weight is 219 g/mol. The molecule has 1 fully saturated rings. The van der Waals surface area contributed by atoms with Gasteiger partial charge in [0.2, 0.25) is 0 Å². The van der Waals surface area contributed by atoms with Gasteiger partial charge in [0, 0.05) is 5.75 Å². The molecule has 7 heteroatoms. The minimum atomic E-state index is -0.593. The fraction of sp³-hybridized carbons (Fsp3) is 0.500. The minimum Gasteiger partial charge on any atom is -0.399 e. The summed E-state index contributed by atoms with van der Waals surface area (Å²) in [6.07, 6.45) is 0. The van der Waals surface area contributed by atoms with E-state index in [-0.39, 0.29) is 11.8 Å². The van der Waals surface area contributed by atoms with Gasteiger partial charge in [0.05, 0.1) is 6.04 Å². The van der Waals surface area contributed by atoms with Gasteiger partial charge < -0.3 is 15.9 Å². The highest BCUT2D eigenvalue weighted by molar-refractivity contribution is 8.23. The van der Waals surface area contributed by atoms with E-state index >= 15 is 0 Å². The molecule has 0 spiro atoms. The van der Waals surface area contributed by atoms with Crippen molar-refractivity contribution in [3.05, 3.63) is 0 Å². The van der Waals surface area contributed by atoms with Crippen LogP contribution in [0.5, 0.6) is 0 Å². The van der Waals surface area contributed by atoms with Gasteiger partial charge in [0.1, 0.15) is 11.4 Å². The SMILES string of the molecule is CON=C(C(N)=O)C1CSC(=S)N1. The standard InChI is InChI=1S/C6H9N3O2S2/c1-11-9-4(5(7)10)3-2-13-6(12)8-3/h3H,2H2,1H3,(H2,7,10)(H,8,12). The first-order valence-electron chi connectivity index (χ1n) is 3.49. The summed E-state index contributed by atoms with van der Waals surface area (Å²) in [5, 5.41) is 6.45. The van der Waals surface area contributed by atoms with Gasteiger partial charge in [-0.15, -0.1) is 0 Å². The van der Waals surface area contributed by atoms with Gasteiger partial charge in [-0.25, -0.2) is 0 Å². The molecule has 5 nitrogen and oxygen atoms in total. The molecule has 0 saturated carbocycles. The molecular formula is C6H9N3O2S2. The van der Waals surface area contributed by atoms with Gasteiger partial charge in [-0.1, -0.05) is 29.1 Å². The van der Waals surface area contributed by atoms with Crippen LogP contribution < -0.4 is 11.1 Å². The second-order valence-corrected chi connectivity index (χ2v) is 4.02.